The van der Waals surface area contributed by atoms with Crippen molar-refractivity contribution in [1.82, 2.24) is 0 Å². The SMILES string of the molecule is CS(=O)(=O)c1cccc(NC(=O)CSC(c2ccccc2)c2ccc(Cl)cc2)c1. The molecule has 4 nitrogen and oxygen atoms in total. The Labute approximate surface area is 180 Å². The highest BCUT2D eigenvalue weighted by Gasteiger charge is 2.17. The highest BCUT2D eigenvalue weighted by atomic mass is 35.5. The highest BCUT2D eigenvalue weighted by molar-refractivity contribution is 8.00. The van der Waals surface area contributed by atoms with Crippen LogP contribution >= 0.6 is 23.4 Å². The van der Waals surface area contributed by atoms with E-state index in [4.69, 9.17) is 11.6 Å². The number of carbonyl (C=O) groups is 1. The van der Waals surface area contributed by atoms with Crippen molar-refractivity contribution in [2.45, 2.75) is 10.1 Å². The molecule has 7 heteroatoms. The van der Waals surface area contributed by atoms with Crippen molar-refractivity contribution in [1.29, 1.82) is 0 Å². The molecule has 1 N–H and O–H groups in total. The molecule has 0 aliphatic rings. The van der Waals surface area contributed by atoms with Crippen molar-refractivity contribution in [3.05, 3.63) is 95.0 Å². The molecule has 3 aromatic rings. The van der Waals surface area contributed by atoms with Crippen LogP contribution in [0.1, 0.15) is 16.4 Å². The largest absolute Gasteiger partial charge is 0.325 e. The van der Waals surface area contributed by atoms with E-state index in [-0.39, 0.29) is 21.8 Å². The number of halogens is 1. The van der Waals surface area contributed by atoms with Gasteiger partial charge in [0.2, 0.25) is 5.91 Å². The summed E-state index contributed by atoms with van der Waals surface area (Å²) in [5, 5.41) is 3.41. The number of rotatable bonds is 7. The van der Waals surface area contributed by atoms with E-state index in [9.17, 15) is 13.2 Å². The van der Waals surface area contributed by atoms with Gasteiger partial charge in [-0.3, -0.25) is 4.79 Å². The summed E-state index contributed by atoms with van der Waals surface area (Å²) in [6, 6.07) is 23.8. The van der Waals surface area contributed by atoms with E-state index < -0.39 is 9.84 Å². The van der Waals surface area contributed by atoms with Gasteiger partial charge in [-0.15, -0.1) is 11.8 Å². The lowest BCUT2D eigenvalue weighted by molar-refractivity contribution is -0.113. The number of sulfone groups is 1. The summed E-state index contributed by atoms with van der Waals surface area (Å²) in [5.74, 6) is 0.0150. The first kappa shape index (κ1) is 21.4. The fourth-order valence-electron chi connectivity index (χ4n) is 2.81. The molecule has 3 rings (SSSR count). The Bertz CT molecular complexity index is 1080. The molecule has 0 fully saturated rings. The summed E-state index contributed by atoms with van der Waals surface area (Å²) in [6.45, 7) is 0. The van der Waals surface area contributed by atoms with Crippen molar-refractivity contribution in [2.24, 2.45) is 0 Å². The van der Waals surface area contributed by atoms with Crippen LogP contribution in [0.4, 0.5) is 5.69 Å². The van der Waals surface area contributed by atoms with Crippen LogP contribution in [0.15, 0.2) is 83.8 Å². The minimum absolute atomic E-state index is 0.0263. The van der Waals surface area contributed by atoms with Crippen LogP contribution in [0.25, 0.3) is 0 Å². The number of hydrogen-bond acceptors (Lipinski definition) is 4. The Kier molecular flexibility index (Phi) is 7.00. The van der Waals surface area contributed by atoms with E-state index in [0.717, 1.165) is 17.4 Å². The smallest absolute Gasteiger partial charge is 0.234 e. The lowest BCUT2D eigenvalue weighted by atomic mass is 10.0. The third-order valence-electron chi connectivity index (χ3n) is 4.20. The highest BCUT2D eigenvalue weighted by Crippen LogP contribution is 2.36. The Morgan fingerprint density at radius 3 is 2.28 bits per heavy atom. The summed E-state index contributed by atoms with van der Waals surface area (Å²) in [6.07, 6.45) is 1.14. The number of anilines is 1. The second kappa shape index (κ2) is 9.48. The number of carbonyl (C=O) groups excluding carboxylic acids is 1. The van der Waals surface area contributed by atoms with E-state index in [0.29, 0.717) is 10.7 Å². The number of benzene rings is 3. The maximum absolute atomic E-state index is 12.5. The quantitative estimate of drug-likeness (QED) is 0.542. The minimum Gasteiger partial charge on any atom is -0.325 e. The van der Waals surface area contributed by atoms with Crippen molar-refractivity contribution < 1.29 is 13.2 Å². The Hall–Kier alpha value is -2.28. The normalized spacial score (nSPS) is 12.3. The van der Waals surface area contributed by atoms with Crippen LogP contribution < -0.4 is 5.32 Å². The Balaban J connectivity index is 1.73. The lowest BCUT2D eigenvalue weighted by Gasteiger charge is -2.18. The van der Waals surface area contributed by atoms with Crippen molar-refractivity contribution in [2.75, 3.05) is 17.3 Å². The van der Waals surface area contributed by atoms with Gasteiger partial charge in [-0.05, 0) is 41.5 Å². The van der Waals surface area contributed by atoms with Crippen molar-refractivity contribution >= 4 is 44.8 Å². The van der Waals surface area contributed by atoms with Crippen molar-refractivity contribution in [3.8, 4) is 0 Å². The zero-order valence-corrected chi connectivity index (χ0v) is 18.1. The summed E-state index contributed by atoms with van der Waals surface area (Å²) < 4.78 is 23.4. The van der Waals surface area contributed by atoms with Gasteiger partial charge in [-0.2, -0.15) is 0 Å². The average molecular weight is 446 g/mol. The first-order chi connectivity index (χ1) is 13.8. The third-order valence-corrected chi connectivity index (χ3v) is 6.87. The molecule has 0 heterocycles. The number of thioether (sulfide) groups is 1. The van der Waals surface area contributed by atoms with Gasteiger partial charge in [-0.1, -0.05) is 60.1 Å². The van der Waals surface area contributed by atoms with Gasteiger partial charge in [0.05, 0.1) is 15.9 Å². The molecule has 0 aromatic heterocycles. The molecular formula is C22H20ClNO3S2. The molecule has 3 aromatic carbocycles. The summed E-state index contributed by atoms with van der Waals surface area (Å²) >= 11 is 7.51. The average Bonchev–Trinajstić information content (AvgIpc) is 2.70. The second-order valence-electron chi connectivity index (χ2n) is 6.50. The predicted molar refractivity (Wildman–Crippen MR) is 120 cm³/mol. The monoisotopic (exact) mass is 445 g/mol. The van der Waals surface area contributed by atoms with E-state index in [1.165, 1.54) is 23.9 Å². The van der Waals surface area contributed by atoms with Gasteiger partial charge < -0.3 is 5.32 Å². The number of amides is 1. The van der Waals surface area contributed by atoms with Crippen LogP contribution in [0.2, 0.25) is 5.02 Å². The predicted octanol–water partition coefficient (Wildman–Crippen LogP) is 5.20. The molecule has 0 radical (unpaired) electrons. The summed E-state index contributed by atoms with van der Waals surface area (Å²) in [5.41, 5.74) is 2.60. The zero-order chi connectivity index (χ0) is 20.9. The number of nitrogens with one attached hydrogen (secondary N) is 1. The summed E-state index contributed by atoms with van der Waals surface area (Å²) in [7, 11) is -3.33. The molecule has 0 aliphatic heterocycles. The van der Waals surface area contributed by atoms with Gasteiger partial charge in [0.15, 0.2) is 9.84 Å². The first-order valence-electron chi connectivity index (χ1n) is 8.85. The molecule has 1 atom stereocenters. The Morgan fingerprint density at radius 2 is 1.62 bits per heavy atom. The van der Waals surface area contributed by atoms with Crippen molar-refractivity contribution in [3.63, 3.8) is 0 Å². The van der Waals surface area contributed by atoms with E-state index in [2.05, 4.69) is 5.32 Å². The van der Waals surface area contributed by atoms with Crippen LogP contribution in [0.3, 0.4) is 0 Å². The first-order valence-corrected chi connectivity index (χ1v) is 12.2. The zero-order valence-electron chi connectivity index (χ0n) is 15.7. The van der Waals surface area contributed by atoms with Gasteiger partial charge in [0, 0.05) is 17.0 Å². The number of hydrogen-bond donors (Lipinski definition) is 1. The fraction of sp³-hybridized carbons (Fsp3) is 0.136. The van der Waals surface area contributed by atoms with Crippen LogP contribution in [-0.2, 0) is 14.6 Å². The van der Waals surface area contributed by atoms with Gasteiger partial charge in [0.1, 0.15) is 0 Å². The second-order valence-corrected chi connectivity index (χ2v) is 10.0. The fourth-order valence-corrected chi connectivity index (χ4v) is 4.69. The molecule has 29 heavy (non-hydrogen) atoms. The van der Waals surface area contributed by atoms with Gasteiger partial charge >= 0.3 is 0 Å². The molecule has 1 amide bonds. The maximum atomic E-state index is 12.5. The van der Waals surface area contributed by atoms with Gasteiger partial charge in [0.25, 0.3) is 0 Å². The standard InChI is InChI=1S/C22H20ClNO3S2/c1-29(26,27)20-9-5-8-19(14-20)24-21(25)15-28-22(16-6-3-2-4-7-16)17-10-12-18(23)13-11-17/h2-14,22H,15H2,1H3,(H,24,25). The van der Waals surface area contributed by atoms with Crippen LogP contribution in [0, 0.1) is 0 Å². The lowest BCUT2D eigenvalue weighted by Crippen LogP contribution is -2.15. The maximum Gasteiger partial charge on any atom is 0.234 e. The molecule has 0 spiro atoms. The van der Waals surface area contributed by atoms with Crippen LogP contribution in [0.5, 0.6) is 0 Å². The molecule has 1 unspecified atom stereocenters. The molecule has 0 saturated carbocycles. The van der Waals surface area contributed by atoms with E-state index in [1.807, 2.05) is 54.6 Å². The topological polar surface area (TPSA) is 63.2 Å². The summed E-state index contributed by atoms with van der Waals surface area (Å²) in [4.78, 5) is 12.7. The molecule has 0 aliphatic carbocycles. The molecule has 150 valence electrons. The van der Waals surface area contributed by atoms with E-state index >= 15 is 0 Å². The third kappa shape index (κ3) is 6.10. The molecule has 0 saturated heterocycles. The van der Waals surface area contributed by atoms with Gasteiger partial charge in [-0.25, -0.2) is 8.42 Å². The van der Waals surface area contributed by atoms with Crippen LogP contribution in [-0.4, -0.2) is 26.3 Å². The minimum atomic E-state index is -3.33. The molecule has 0 bridgehead atoms. The Morgan fingerprint density at radius 1 is 0.966 bits per heavy atom. The molecular weight excluding hydrogens is 426 g/mol. The van der Waals surface area contributed by atoms with E-state index in [1.54, 1.807) is 12.1 Å².